The molecule has 1 aliphatic heterocycles. The number of nitrogens with one attached hydrogen (secondary N) is 2. The molecular weight excluding hydrogens is 396 g/mol. The number of amides is 3. The number of para-hydroxylation sites is 1. The van der Waals surface area contributed by atoms with Crippen LogP contribution in [-0.4, -0.2) is 67.0 Å². The summed E-state index contributed by atoms with van der Waals surface area (Å²) in [6.07, 6.45) is -0.319. The van der Waals surface area contributed by atoms with Crippen molar-refractivity contribution in [3.63, 3.8) is 0 Å². The Kier molecular flexibility index (Phi) is 7.61. The van der Waals surface area contributed by atoms with E-state index in [0.29, 0.717) is 49.7 Å². The minimum atomic E-state index is -0.319. The maximum Gasteiger partial charge on any atom is 0.409 e. The summed E-state index contributed by atoms with van der Waals surface area (Å²) in [5.74, 6) is -0.495. The lowest BCUT2D eigenvalue weighted by Gasteiger charge is -2.33. The van der Waals surface area contributed by atoms with E-state index in [2.05, 4.69) is 10.6 Å². The monoisotopic (exact) mass is 424 g/mol. The Bertz CT molecular complexity index is 939. The van der Waals surface area contributed by atoms with Crippen LogP contribution in [0.2, 0.25) is 0 Å². The third-order valence-corrected chi connectivity index (χ3v) is 4.99. The van der Waals surface area contributed by atoms with Gasteiger partial charge >= 0.3 is 6.09 Å². The van der Waals surface area contributed by atoms with Gasteiger partial charge in [-0.1, -0.05) is 24.3 Å². The summed E-state index contributed by atoms with van der Waals surface area (Å²) in [5.41, 5.74) is 2.60. The normalized spacial score (nSPS) is 14.1. The molecule has 3 rings (SSSR count). The highest BCUT2D eigenvalue weighted by Crippen LogP contribution is 2.18. The smallest absolute Gasteiger partial charge is 0.409 e. The van der Waals surface area contributed by atoms with E-state index in [4.69, 9.17) is 4.74 Å². The molecule has 3 amide bonds. The Labute approximate surface area is 182 Å². The number of nitrogens with zero attached hydrogens (tertiary/aromatic N) is 2. The largest absolute Gasteiger partial charge is 0.450 e. The van der Waals surface area contributed by atoms with Crippen molar-refractivity contribution in [3.05, 3.63) is 59.7 Å². The molecule has 2 aromatic rings. The number of rotatable bonds is 6. The molecule has 0 radical (unpaired) electrons. The van der Waals surface area contributed by atoms with Gasteiger partial charge in [0.15, 0.2) is 0 Å². The highest BCUT2D eigenvalue weighted by Gasteiger charge is 2.23. The second-order valence-electron chi connectivity index (χ2n) is 7.38. The van der Waals surface area contributed by atoms with Gasteiger partial charge in [0.1, 0.15) is 0 Å². The maximum absolute atomic E-state index is 12.7. The number of carbonyl (C=O) groups excluding carboxylic acids is 3. The summed E-state index contributed by atoms with van der Waals surface area (Å²) in [6, 6.07) is 14.5. The third kappa shape index (κ3) is 6.29. The second-order valence-corrected chi connectivity index (χ2v) is 7.38. The number of hydrogen-bond donors (Lipinski definition) is 2. The van der Waals surface area contributed by atoms with Crippen molar-refractivity contribution in [3.8, 4) is 0 Å². The zero-order chi connectivity index (χ0) is 22.2. The highest BCUT2D eigenvalue weighted by atomic mass is 16.6. The Hall–Kier alpha value is -3.39. The van der Waals surface area contributed by atoms with Crippen LogP contribution in [0, 0.1) is 6.92 Å². The maximum atomic E-state index is 12.7. The van der Waals surface area contributed by atoms with Crippen molar-refractivity contribution < 1.29 is 19.1 Å². The molecule has 0 aromatic heterocycles. The van der Waals surface area contributed by atoms with Crippen molar-refractivity contribution in [2.75, 3.05) is 50.0 Å². The minimum absolute atomic E-state index is 0.185. The lowest BCUT2D eigenvalue weighted by atomic mass is 10.1. The fourth-order valence-electron chi connectivity index (χ4n) is 3.41. The van der Waals surface area contributed by atoms with Crippen molar-refractivity contribution in [1.29, 1.82) is 0 Å². The van der Waals surface area contributed by atoms with Crippen LogP contribution in [0.3, 0.4) is 0 Å². The van der Waals surface area contributed by atoms with E-state index >= 15 is 0 Å². The first kappa shape index (κ1) is 22.3. The molecule has 0 unspecified atom stereocenters. The lowest BCUT2D eigenvalue weighted by Crippen LogP contribution is -2.50. The van der Waals surface area contributed by atoms with Gasteiger partial charge in [-0.2, -0.15) is 0 Å². The molecule has 8 nitrogen and oxygen atoms in total. The minimum Gasteiger partial charge on any atom is -0.450 e. The van der Waals surface area contributed by atoms with Gasteiger partial charge < -0.3 is 20.3 Å². The van der Waals surface area contributed by atoms with Crippen LogP contribution < -0.4 is 10.6 Å². The fraction of sp³-hybridized carbons (Fsp3) is 0.348. The molecule has 2 aromatic carbocycles. The van der Waals surface area contributed by atoms with Gasteiger partial charge in [0, 0.05) is 31.9 Å². The van der Waals surface area contributed by atoms with E-state index < -0.39 is 0 Å². The first-order valence-electron chi connectivity index (χ1n) is 10.4. The first-order valence-corrected chi connectivity index (χ1v) is 10.4. The van der Waals surface area contributed by atoms with Gasteiger partial charge in [0.2, 0.25) is 5.91 Å². The highest BCUT2D eigenvalue weighted by molar-refractivity contribution is 6.10. The van der Waals surface area contributed by atoms with Crippen molar-refractivity contribution in [2.45, 2.75) is 13.8 Å². The van der Waals surface area contributed by atoms with Gasteiger partial charge in [-0.25, -0.2) is 4.79 Å². The van der Waals surface area contributed by atoms with Crippen LogP contribution >= 0.6 is 0 Å². The zero-order valence-corrected chi connectivity index (χ0v) is 17.9. The summed E-state index contributed by atoms with van der Waals surface area (Å²) >= 11 is 0. The molecular formula is C23H28N4O4. The van der Waals surface area contributed by atoms with Crippen molar-refractivity contribution in [2.24, 2.45) is 0 Å². The average molecular weight is 425 g/mol. The number of carbonyl (C=O) groups is 3. The van der Waals surface area contributed by atoms with Crippen LogP contribution in [0.5, 0.6) is 0 Å². The second kappa shape index (κ2) is 10.6. The number of benzene rings is 2. The van der Waals surface area contributed by atoms with Crippen LogP contribution in [0.25, 0.3) is 0 Å². The average Bonchev–Trinajstić information content (AvgIpc) is 2.74. The predicted molar refractivity (Wildman–Crippen MR) is 119 cm³/mol. The predicted octanol–water partition coefficient (Wildman–Crippen LogP) is 2.96. The molecule has 1 aliphatic rings. The van der Waals surface area contributed by atoms with Crippen LogP contribution in [0.1, 0.15) is 22.8 Å². The van der Waals surface area contributed by atoms with Crippen LogP contribution in [0.15, 0.2) is 48.5 Å². The molecule has 1 heterocycles. The van der Waals surface area contributed by atoms with E-state index in [1.165, 1.54) is 0 Å². The van der Waals surface area contributed by atoms with Crippen LogP contribution in [0.4, 0.5) is 16.2 Å². The summed E-state index contributed by atoms with van der Waals surface area (Å²) in [6.45, 7) is 6.46. The SMILES string of the molecule is CCOC(=O)N1CCN(CC(=O)Nc2ccccc2C(=O)Nc2cccc(C)c2)CC1. The summed E-state index contributed by atoms with van der Waals surface area (Å²) in [5, 5.41) is 5.71. The molecule has 0 atom stereocenters. The summed E-state index contributed by atoms with van der Waals surface area (Å²) in [7, 11) is 0. The number of piperazine rings is 1. The molecule has 0 bridgehead atoms. The quantitative estimate of drug-likeness (QED) is 0.744. The molecule has 2 N–H and O–H groups in total. The lowest BCUT2D eigenvalue weighted by molar-refractivity contribution is -0.117. The Morgan fingerprint density at radius 2 is 1.71 bits per heavy atom. The zero-order valence-electron chi connectivity index (χ0n) is 17.9. The molecule has 0 spiro atoms. The number of anilines is 2. The van der Waals surface area contributed by atoms with Crippen molar-refractivity contribution >= 4 is 29.3 Å². The van der Waals surface area contributed by atoms with Gasteiger partial charge in [-0.3, -0.25) is 14.5 Å². The number of hydrogen-bond acceptors (Lipinski definition) is 5. The Balaban J connectivity index is 1.56. The van der Waals surface area contributed by atoms with Gasteiger partial charge in [-0.15, -0.1) is 0 Å². The van der Waals surface area contributed by atoms with E-state index in [1.54, 1.807) is 36.1 Å². The topological polar surface area (TPSA) is 91.0 Å². The Morgan fingerprint density at radius 1 is 0.968 bits per heavy atom. The fourth-order valence-corrected chi connectivity index (χ4v) is 3.41. The number of ether oxygens (including phenoxy) is 1. The summed E-state index contributed by atoms with van der Waals surface area (Å²) < 4.78 is 5.01. The molecule has 8 heteroatoms. The van der Waals surface area contributed by atoms with E-state index in [1.807, 2.05) is 36.1 Å². The summed E-state index contributed by atoms with van der Waals surface area (Å²) in [4.78, 5) is 40.7. The molecule has 31 heavy (non-hydrogen) atoms. The van der Waals surface area contributed by atoms with E-state index in [0.717, 1.165) is 5.56 Å². The first-order chi connectivity index (χ1) is 15.0. The number of aryl methyl sites for hydroxylation is 1. The molecule has 1 saturated heterocycles. The van der Waals surface area contributed by atoms with Crippen molar-refractivity contribution in [1.82, 2.24) is 9.80 Å². The van der Waals surface area contributed by atoms with E-state index in [-0.39, 0.29) is 24.5 Å². The molecule has 164 valence electrons. The van der Waals surface area contributed by atoms with E-state index in [9.17, 15) is 14.4 Å². The third-order valence-electron chi connectivity index (χ3n) is 4.99. The standard InChI is InChI=1S/C23H28N4O4/c1-3-31-23(30)27-13-11-26(12-14-27)16-21(28)25-20-10-5-4-9-19(20)22(29)24-18-8-6-7-17(2)15-18/h4-10,15H,3,11-14,16H2,1-2H3,(H,24,29)(H,25,28). The molecule has 1 fully saturated rings. The molecule has 0 saturated carbocycles. The molecule has 0 aliphatic carbocycles. The van der Waals surface area contributed by atoms with Crippen LogP contribution in [-0.2, 0) is 9.53 Å². The Morgan fingerprint density at radius 3 is 2.42 bits per heavy atom. The van der Waals surface area contributed by atoms with Gasteiger partial charge in [0.25, 0.3) is 5.91 Å². The van der Waals surface area contributed by atoms with Gasteiger partial charge in [0.05, 0.1) is 24.4 Å². The van der Waals surface area contributed by atoms with Gasteiger partial charge in [-0.05, 0) is 43.7 Å².